The molecule has 12 heavy (non-hydrogen) atoms. The third-order valence-electron chi connectivity index (χ3n) is 2.21. The second kappa shape index (κ2) is 3.44. The molecular weight excluding hydrogens is 146 g/mol. The molecule has 1 saturated carbocycles. The monoisotopic (exact) mass is 159 g/mol. The number of anilines is 1. The van der Waals surface area contributed by atoms with Gasteiger partial charge in [0.2, 0.25) is 0 Å². The Balaban J connectivity index is 1.95. The van der Waals surface area contributed by atoms with E-state index in [4.69, 9.17) is 0 Å². The lowest BCUT2D eigenvalue weighted by Crippen LogP contribution is -1.99. The summed E-state index contributed by atoms with van der Waals surface area (Å²) < 4.78 is 0. The van der Waals surface area contributed by atoms with E-state index in [9.17, 15) is 0 Å². The molecule has 0 amide bonds. The maximum absolute atomic E-state index is 3.28. The summed E-state index contributed by atoms with van der Waals surface area (Å²) in [7, 11) is 0. The molecule has 1 aliphatic rings. The van der Waals surface area contributed by atoms with Crippen LogP contribution in [-0.4, -0.2) is 0 Å². The molecule has 1 aliphatic carbocycles. The van der Waals surface area contributed by atoms with Crippen molar-refractivity contribution in [1.82, 2.24) is 0 Å². The Bertz CT molecular complexity index is 268. The largest absolute Gasteiger partial charge is 0.362 e. The van der Waals surface area contributed by atoms with Crippen molar-refractivity contribution in [3.63, 3.8) is 0 Å². The second-order valence-electron chi connectivity index (χ2n) is 3.17. The fourth-order valence-corrected chi connectivity index (χ4v) is 1.25. The zero-order chi connectivity index (χ0) is 8.23. The van der Waals surface area contributed by atoms with E-state index in [1.165, 1.54) is 24.9 Å². The van der Waals surface area contributed by atoms with Gasteiger partial charge in [-0.15, -0.1) is 0 Å². The van der Waals surface area contributed by atoms with Gasteiger partial charge in [0.05, 0.1) is 0 Å². The van der Waals surface area contributed by atoms with Crippen LogP contribution >= 0.6 is 0 Å². The summed E-state index contributed by atoms with van der Waals surface area (Å²) in [5.41, 5.74) is 2.72. The summed E-state index contributed by atoms with van der Waals surface area (Å²) >= 11 is 0. The molecule has 0 spiro atoms. The highest BCUT2D eigenvalue weighted by molar-refractivity contribution is 5.45. The second-order valence-corrected chi connectivity index (χ2v) is 3.17. The molecule has 1 aromatic rings. The molecule has 62 valence electrons. The van der Waals surface area contributed by atoms with Gasteiger partial charge in [-0.25, -0.2) is 0 Å². The molecule has 0 saturated heterocycles. The number of benzene rings is 1. The summed E-state index contributed by atoms with van der Waals surface area (Å²) in [4.78, 5) is 0. The van der Waals surface area contributed by atoms with Crippen LogP contribution in [0.4, 0.5) is 5.69 Å². The van der Waals surface area contributed by atoms with Gasteiger partial charge in [-0.05, 0) is 31.4 Å². The number of hydrogen-bond donors (Lipinski definition) is 1. The van der Waals surface area contributed by atoms with Gasteiger partial charge in [0.15, 0.2) is 0 Å². The van der Waals surface area contributed by atoms with E-state index >= 15 is 0 Å². The normalized spacial score (nSPS) is 15.2. The van der Waals surface area contributed by atoms with Gasteiger partial charge in [0.1, 0.15) is 0 Å². The fraction of sp³-hybridized carbons (Fsp3) is 0.273. The Labute approximate surface area is 73.1 Å². The Morgan fingerprint density at radius 2 is 1.83 bits per heavy atom. The Hall–Kier alpha value is -1.24. The van der Waals surface area contributed by atoms with Gasteiger partial charge >= 0.3 is 0 Å². The zero-order valence-electron chi connectivity index (χ0n) is 7.09. The minimum atomic E-state index is 1.18. The smallest absolute Gasteiger partial charge is 0.0379 e. The first-order valence-electron chi connectivity index (χ1n) is 4.45. The van der Waals surface area contributed by atoms with Crippen LogP contribution < -0.4 is 5.32 Å². The van der Waals surface area contributed by atoms with Gasteiger partial charge in [0, 0.05) is 11.9 Å². The van der Waals surface area contributed by atoms with Crippen molar-refractivity contribution in [1.29, 1.82) is 0 Å². The minimum absolute atomic E-state index is 1.18. The van der Waals surface area contributed by atoms with Crippen molar-refractivity contribution in [3.05, 3.63) is 42.1 Å². The van der Waals surface area contributed by atoms with Crippen molar-refractivity contribution >= 4 is 5.69 Å². The van der Waals surface area contributed by atoms with Crippen molar-refractivity contribution in [2.24, 2.45) is 0 Å². The van der Waals surface area contributed by atoms with Crippen LogP contribution in [0, 0.1) is 0 Å². The molecule has 0 aliphatic heterocycles. The van der Waals surface area contributed by atoms with E-state index in [-0.39, 0.29) is 0 Å². The average Bonchev–Trinajstić information content (AvgIpc) is 2.04. The Morgan fingerprint density at radius 1 is 1.08 bits per heavy atom. The van der Waals surface area contributed by atoms with Crippen molar-refractivity contribution < 1.29 is 0 Å². The molecule has 1 N–H and O–H groups in total. The molecule has 0 atom stereocenters. The number of para-hydroxylation sites is 1. The van der Waals surface area contributed by atoms with Crippen LogP contribution in [-0.2, 0) is 0 Å². The standard InChI is InChI=1S/C11H13N/c1-2-7-11(8-3-1)12-9-10-5-4-6-10/h1-3,7-9,12H,4-6H2. The fourth-order valence-electron chi connectivity index (χ4n) is 1.25. The van der Waals surface area contributed by atoms with Gasteiger partial charge in [0.25, 0.3) is 0 Å². The van der Waals surface area contributed by atoms with Crippen LogP contribution in [0.2, 0.25) is 0 Å². The topological polar surface area (TPSA) is 12.0 Å². The maximum Gasteiger partial charge on any atom is 0.0379 e. The summed E-state index contributed by atoms with van der Waals surface area (Å²) in [6.07, 6.45) is 6.06. The minimum Gasteiger partial charge on any atom is -0.362 e. The van der Waals surface area contributed by atoms with Crippen LogP contribution in [0.15, 0.2) is 42.1 Å². The van der Waals surface area contributed by atoms with E-state index < -0.39 is 0 Å². The highest BCUT2D eigenvalue weighted by Crippen LogP contribution is 2.24. The third-order valence-corrected chi connectivity index (χ3v) is 2.21. The van der Waals surface area contributed by atoms with Crippen molar-refractivity contribution in [2.45, 2.75) is 19.3 Å². The van der Waals surface area contributed by atoms with E-state index in [2.05, 4.69) is 23.6 Å². The van der Waals surface area contributed by atoms with Gasteiger partial charge in [-0.3, -0.25) is 0 Å². The molecule has 1 nitrogen and oxygen atoms in total. The third kappa shape index (κ3) is 1.67. The number of hydrogen-bond acceptors (Lipinski definition) is 1. The predicted octanol–water partition coefficient (Wildman–Crippen LogP) is 3.17. The summed E-state index contributed by atoms with van der Waals surface area (Å²) in [5.74, 6) is 0. The van der Waals surface area contributed by atoms with Gasteiger partial charge in [-0.1, -0.05) is 23.8 Å². The molecule has 1 aromatic carbocycles. The lowest BCUT2D eigenvalue weighted by molar-refractivity contribution is 0.661. The first-order chi connectivity index (χ1) is 5.95. The summed E-state index contributed by atoms with van der Waals surface area (Å²) in [6.45, 7) is 0. The molecule has 2 rings (SSSR count). The molecule has 0 radical (unpaired) electrons. The quantitative estimate of drug-likeness (QED) is 0.698. The number of nitrogens with one attached hydrogen (secondary N) is 1. The van der Waals surface area contributed by atoms with E-state index in [1.807, 2.05) is 18.2 Å². The lowest BCUT2D eigenvalue weighted by atomic mass is 9.94. The van der Waals surface area contributed by atoms with Crippen LogP contribution in [0.1, 0.15) is 19.3 Å². The van der Waals surface area contributed by atoms with E-state index in [0.29, 0.717) is 0 Å². The van der Waals surface area contributed by atoms with E-state index in [1.54, 1.807) is 5.57 Å². The highest BCUT2D eigenvalue weighted by atomic mass is 14.8. The first-order valence-corrected chi connectivity index (χ1v) is 4.45. The zero-order valence-corrected chi connectivity index (χ0v) is 7.09. The van der Waals surface area contributed by atoms with Crippen LogP contribution in [0.25, 0.3) is 0 Å². The molecule has 0 bridgehead atoms. The SMILES string of the molecule is C(Nc1ccccc1)=C1CCC1. The summed E-state index contributed by atoms with van der Waals surface area (Å²) in [6, 6.07) is 10.3. The molecule has 1 heteroatoms. The Kier molecular flexibility index (Phi) is 2.12. The van der Waals surface area contributed by atoms with Crippen molar-refractivity contribution in [2.75, 3.05) is 5.32 Å². The predicted molar refractivity (Wildman–Crippen MR) is 52.0 cm³/mol. The Morgan fingerprint density at radius 3 is 2.42 bits per heavy atom. The summed E-state index contributed by atoms with van der Waals surface area (Å²) in [5, 5.41) is 3.28. The highest BCUT2D eigenvalue weighted by Gasteiger charge is 2.06. The number of rotatable bonds is 2. The molecule has 1 fully saturated rings. The van der Waals surface area contributed by atoms with Crippen molar-refractivity contribution in [3.8, 4) is 0 Å². The maximum atomic E-state index is 3.28. The lowest BCUT2D eigenvalue weighted by Gasteiger charge is -2.16. The first kappa shape index (κ1) is 7.41. The molecule has 0 heterocycles. The van der Waals surface area contributed by atoms with E-state index in [0.717, 1.165) is 0 Å². The average molecular weight is 159 g/mol. The van der Waals surface area contributed by atoms with Gasteiger partial charge < -0.3 is 5.32 Å². The molecule has 0 aromatic heterocycles. The molecular formula is C11H13N. The van der Waals surface area contributed by atoms with Crippen LogP contribution in [0.3, 0.4) is 0 Å². The molecule has 0 unspecified atom stereocenters. The van der Waals surface area contributed by atoms with Gasteiger partial charge in [-0.2, -0.15) is 0 Å². The number of allylic oxidation sites excluding steroid dienone is 1. The van der Waals surface area contributed by atoms with Crippen LogP contribution in [0.5, 0.6) is 0 Å².